The summed E-state index contributed by atoms with van der Waals surface area (Å²) in [5.74, 6) is -1.33. The molecule has 0 aromatic heterocycles. The van der Waals surface area contributed by atoms with E-state index < -0.39 is 11.9 Å². The van der Waals surface area contributed by atoms with Crippen molar-refractivity contribution in [3.8, 4) is 0 Å². The number of hydrogen-bond acceptors (Lipinski definition) is 3. The lowest BCUT2D eigenvalue weighted by Gasteiger charge is -2.31. The maximum absolute atomic E-state index is 12.3. The van der Waals surface area contributed by atoms with Crippen molar-refractivity contribution in [1.29, 1.82) is 0 Å². The van der Waals surface area contributed by atoms with Gasteiger partial charge in [-0.15, -0.1) is 0 Å². The van der Waals surface area contributed by atoms with E-state index in [0.29, 0.717) is 6.54 Å². The van der Waals surface area contributed by atoms with Gasteiger partial charge in [0.25, 0.3) is 0 Å². The number of aliphatic carboxylic acids is 1. The first-order valence-corrected chi connectivity index (χ1v) is 6.72. The fourth-order valence-corrected chi connectivity index (χ4v) is 2.49. The van der Waals surface area contributed by atoms with Gasteiger partial charge in [0.05, 0.1) is 5.92 Å². The highest BCUT2D eigenvalue weighted by Gasteiger charge is 2.29. The Morgan fingerprint density at radius 2 is 2.11 bits per heavy atom. The second kappa shape index (κ2) is 6.73. The van der Waals surface area contributed by atoms with Gasteiger partial charge in [-0.2, -0.15) is 0 Å². The molecular formula is C13H24N2O3. The number of carbonyl (C=O) groups is 2. The lowest BCUT2D eigenvalue weighted by atomic mass is 9.85. The Labute approximate surface area is 108 Å². The number of amides is 1. The van der Waals surface area contributed by atoms with Crippen LogP contribution in [0.25, 0.3) is 0 Å². The van der Waals surface area contributed by atoms with Gasteiger partial charge in [-0.05, 0) is 26.2 Å². The second-order valence-corrected chi connectivity index (χ2v) is 5.24. The third kappa shape index (κ3) is 3.98. The summed E-state index contributed by atoms with van der Waals surface area (Å²) in [5, 5.41) is 8.90. The van der Waals surface area contributed by atoms with Crippen molar-refractivity contribution in [1.82, 2.24) is 4.90 Å². The van der Waals surface area contributed by atoms with E-state index >= 15 is 0 Å². The standard InChI is InChI=1S/C13H24N2O3/c1-3-15(8-9(2)13(17)18)12(16)10-5-4-6-11(14)7-10/h9-11H,3-8,14H2,1-2H3,(H,17,18). The van der Waals surface area contributed by atoms with Crippen LogP contribution in [-0.2, 0) is 9.59 Å². The van der Waals surface area contributed by atoms with Crippen molar-refractivity contribution in [3.63, 3.8) is 0 Å². The third-order valence-corrected chi connectivity index (χ3v) is 3.67. The molecule has 3 atom stereocenters. The zero-order chi connectivity index (χ0) is 13.7. The second-order valence-electron chi connectivity index (χ2n) is 5.24. The highest BCUT2D eigenvalue weighted by molar-refractivity contribution is 5.80. The molecule has 0 aliphatic heterocycles. The molecule has 0 aromatic carbocycles. The summed E-state index contributed by atoms with van der Waals surface area (Å²) in [5.41, 5.74) is 5.89. The summed E-state index contributed by atoms with van der Waals surface area (Å²) in [6.45, 7) is 4.36. The summed E-state index contributed by atoms with van der Waals surface area (Å²) in [6.07, 6.45) is 3.59. The highest BCUT2D eigenvalue weighted by atomic mass is 16.4. The molecule has 0 spiro atoms. The molecule has 0 heterocycles. The van der Waals surface area contributed by atoms with Crippen molar-refractivity contribution < 1.29 is 14.7 Å². The van der Waals surface area contributed by atoms with E-state index in [1.807, 2.05) is 6.92 Å². The number of nitrogens with zero attached hydrogens (tertiary/aromatic N) is 1. The molecule has 3 N–H and O–H groups in total. The van der Waals surface area contributed by atoms with Crippen molar-refractivity contribution in [2.45, 2.75) is 45.6 Å². The number of rotatable bonds is 5. The third-order valence-electron chi connectivity index (χ3n) is 3.67. The molecule has 5 heteroatoms. The van der Waals surface area contributed by atoms with E-state index in [2.05, 4.69) is 0 Å². The van der Waals surface area contributed by atoms with Crippen LogP contribution < -0.4 is 5.73 Å². The van der Waals surface area contributed by atoms with Crippen molar-refractivity contribution in [2.75, 3.05) is 13.1 Å². The molecule has 0 saturated heterocycles. The molecule has 0 radical (unpaired) electrons. The Kier molecular flexibility index (Phi) is 5.59. The monoisotopic (exact) mass is 256 g/mol. The molecule has 1 aliphatic carbocycles. The zero-order valence-electron chi connectivity index (χ0n) is 11.3. The SMILES string of the molecule is CCN(CC(C)C(=O)O)C(=O)C1CCCC(N)C1. The van der Waals surface area contributed by atoms with Crippen LogP contribution in [0.4, 0.5) is 0 Å². The van der Waals surface area contributed by atoms with Gasteiger partial charge in [0.1, 0.15) is 0 Å². The normalized spacial score (nSPS) is 25.5. The molecule has 3 unspecified atom stereocenters. The molecule has 0 aromatic rings. The number of carbonyl (C=O) groups excluding carboxylic acids is 1. The molecule has 1 amide bonds. The van der Waals surface area contributed by atoms with Gasteiger partial charge in [-0.25, -0.2) is 0 Å². The van der Waals surface area contributed by atoms with Gasteiger partial charge in [-0.1, -0.05) is 13.3 Å². The van der Waals surface area contributed by atoms with Gasteiger partial charge < -0.3 is 15.7 Å². The Hall–Kier alpha value is -1.10. The van der Waals surface area contributed by atoms with Crippen molar-refractivity contribution in [3.05, 3.63) is 0 Å². The minimum Gasteiger partial charge on any atom is -0.481 e. The van der Waals surface area contributed by atoms with Crippen LogP contribution in [0.2, 0.25) is 0 Å². The van der Waals surface area contributed by atoms with Crippen LogP contribution in [0.5, 0.6) is 0 Å². The first kappa shape index (κ1) is 15.0. The molecule has 1 fully saturated rings. The molecule has 1 saturated carbocycles. The molecule has 1 rings (SSSR count). The lowest BCUT2D eigenvalue weighted by Crippen LogP contribution is -2.43. The number of carboxylic acid groups (broad SMARTS) is 1. The minimum absolute atomic E-state index is 0.0188. The number of carboxylic acids is 1. The topological polar surface area (TPSA) is 83.6 Å². The van der Waals surface area contributed by atoms with Crippen LogP contribution in [0, 0.1) is 11.8 Å². The van der Waals surface area contributed by atoms with Crippen LogP contribution in [0.3, 0.4) is 0 Å². The molecule has 5 nitrogen and oxygen atoms in total. The maximum Gasteiger partial charge on any atom is 0.308 e. The molecule has 0 bridgehead atoms. The first-order chi connectivity index (χ1) is 8.45. The van der Waals surface area contributed by atoms with E-state index in [1.165, 1.54) is 0 Å². The zero-order valence-corrected chi connectivity index (χ0v) is 11.3. The predicted octanol–water partition coefficient (Wildman–Crippen LogP) is 1.07. The lowest BCUT2D eigenvalue weighted by molar-refractivity contribution is -0.144. The van der Waals surface area contributed by atoms with Crippen LogP contribution >= 0.6 is 0 Å². The fourth-order valence-electron chi connectivity index (χ4n) is 2.49. The maximum atomic E-state index is 12.3. The fraction of sp³-hybridized carbons (Fsp3) is 0.846. The summed E-state index contributed by atoms with van der Waals surface area (Å²) in [6, 6.07) is 0.114. The van der Waals surface area contributed by atoms with Crippen LogP contribution in [-0.4, -0.2) is 41.0 Å². The van der Waals surface area contributed by atoms with Crippen LogP contribution in [0.15, 0.2) is 0 Å². The highest BCUT2D eigenvalue weighted by Crippen LogP contribution is 2.25. The molecule has 18 heavy (non-hydrogen) atoms. The summed E-state index contributed by atoms with van der Waals surface area (Å²) in [7, 11) is 0. The minimum atomic E-state index is -0.860. The molecular weight excluding hydrogens is 232 g/mol. The largest absolute Gasteiger partial charge is 0.481 e. The van der Waals surface area contributed by atoms with E-state index in [-0.39, 0.29) is 24.4 Å². The van der Waals surface area contributed by atoms with Crippen LogP contribution in [0.1, 0.15) is 39.5 Å². The number of hydrogen-bond donors (Lipinski definition) is 2. The van der Waals surface area contributed by atoms with Crippen molar-refractivity contribution in [2.24, 2.45) is 17.6 Å². The van der Waals surface area contributed by atoms with E-state index in [9.17, 15) is 9.59 Å². The van der Waals surface area contributed by atoms with E-state index in [0.717, 1.165) is 25.7 Å². The summed E-state index contributed by atoms with van der Waals surface area (Å²) >= 11 is 0. The van der Waals surface area contributed by atoms with Gasteiger partial charge in [0.15, 0.2) is 0 Å². The van der Waals surface area contributed by atoms with E-state index in [4.69, 9.17) is 10.8 Å². The quantitative estimate of drug-likeness (QED) is 0.770. The molecule has 104 valence electrons. The Bertz CT molecular complexity index is 307. The van der Waals surface area contributed by atoms with Gasteiger partial charge in [0, 0.05) is 25.0 Å². The Morgan fingerprint density at radius 1 is 1.44 bits per heavy atom. The number of nitrogens with two attached hydrogens (primary N) is 1. The Morgan fingerprint density at radius 3 is 2.61 bits per heavy atom. The summed E-state index contributed by atoms with van der Waals surface area (Å²) in [4.78, 5) is 24.8. The average molecular weight is 256 g/mol. The van der Waals surface area contributed by atoms with Crippen molar-refractivity contribution >= 4 is 11.9 Å². The summed E-state index contributed by atoms with van der Waals surface area (Å²) < 4.78 is 0. The van der Waals surface area contributed by atoms with Gasteiger partial charge in [-0.3, -0.25) is 9.59 Å². The Balaban J connectivity index is 2.58. The molecule has 1 aliphatic rings. The van der Waals surface area contributed by atoms with Gasteiger partial charge >= 0.3 is 5.97 Å². The predicted molar refractivity (Wildman–Crippen MR) is 69.0 cm³/mol. The smallest absolute Gasteiger partial charge is 0.308 e. The van der Waals surface area contributed by atoms with Gasteiger partial charge in [0.2, 0.25) is 5.91 Å². The average Bonchev–Trinajstić information content (AvgIpc) is 2.34. The van der Waals surface area contributed by atoms with E-state index in [1.54, 1.807) is 11.8 Å². The first-order valence-electron chi connectivity index (χ1n) is 6.72.